The lowest BCUT2D eigenvalue weighted by molar-refractivity contribution is -0.133. The van der Waals surface area contributed by atoms with Crippen molar-refractivity contribution in [3.8, 4) is 23.0 Å². The second kappa shape index (κ2) is 8.43. The summed E-state index contributed by atoms with van der Waals surface area (Å²) < 4.78 is 16.5. The van der Waals surface area contributed by atoms with Crippen molar-refractivity contribution in [3.05, 3.63) is 18.2 Å². The number of benzene rings is 1. The Morgan fingerprint density at radius 1 is 1.21 bits per heavy atom. The highest BCUT2D eigenvalue weighted by Gasteiger charge is 2.29. The first-order chi connectivity index (χ1) is 13.7. The van der Waals surface area contributed by atoms with Crippen molar-refractivity contribution in [2.45, 2.75) is 62.5 Å². The highest BCUT2D eigenvalue weighted by molar-refractivity contribution is 8.00. The first-order valence-corrected chi connectivity index (χ1v) is 10.7. The maximum Gasteiger partial charge on any atom is 0.277 e. The Balaban J connectivity index is 1.42. The minimum absolute atomic E-state index is 0.141. The van der Waals surface area contributed by atoms with Gasteiger partial charge in [-0.15, -0.1) is 10.2 Å². The van der Waals surface area contributed by atoms with Gasteiger partial charge in [-0.25, -0.2) is 0 Å². The third-order valence-corrected chi connectivity index (χ3v) is 6.21. The van der Waals surface area contributed by atoms with Crippen molar-refractivity contribution in [3.63, 3.8) is 0 Å². The topological polar surface area (TPSA) is 77.7 Å². The van der Waals surface area contributed by atoms with Gasteiger partial charge in [0, 0.05) is 18.2 Å². The largest absolute Gasteiger partial charge is 0.454 e. The van der Waals surface area contributed by atoms with Crippen molar-refractivity contribution >= 4 is 17.7 Å². The van der Waals surface area contributed by atoms with Crippen LogP contribution in [0.2, 0.25) is 0 Å². The van der Waals surface area contributed by atoms with E-state index in [1.165, 1.54) is 31.0 Å². The molecule has 0 radical (unpaired) electrons. The average Bonchev–Trinajstić information content (AvgIpc) is 3.38. The van der Waals surface area contributed by atoms with Crippen LogP contribution in [0.4, 0.5) is 0 Å². The lowest BCUT2D eigenvalue weighted by Gasteiger charge is -2.34. The van der Waals surface area contributed by atoms with E-state index in [9.17, 15) is 4.79 Å². The SMILES string of the molecule is CCN(C(=O)[C@H](C)Sc1nnc(-c2ccc3c(c2)OCO3)o1)C1CCCCC1. The molecular weight excluding hydrogens is 378 g/mol. The summed E-state index contributed by atoms with van der Waals surface area (Å²) in [6, 6.07) is 5.86. The van der Waals surface area contributed by atoms with E-state index in [2.05, 4.69) is 10.2 Å². The molecule has 8 heteroatoms. The van der Waals surface area contributed by atoms with Gasteiger partial charge in [0.2, 0.25) is 18.6 Å². The summed E-state index contributed by atoms with van der Waals surface area (Å²) in [5.74, 6) is 1.92. The zero-order valence-electron chi connectivity index (χ0n) is 16.2. The molecule has 1 amide bonds. The monoisotopic (exact) mass is 403 g/mol. The predicted molar refractivity (Wildman–Crippen MR) is 105 cm³/mol. The molecule has 4 rings (SSSR count). The molecule has 1 aromatic heterocycles. The number of aromatic nitrogens is 2. The summed E-state index contributed by atoms with van der Waals surface area (Å²) in [5.41, 5.74) is 0.764. The number of nitrogens with zero attached hydrogens (tertiary/aromatic N) is 3. The number of hydrogen-bond donors (Lipinski definition) is 0. The molecular formula is C20H25N3O4S. The quantitative estimate of drug-likeness (QED) is 0.671. The number of carbonyl (C=O) groups is 1. The number of hydrogen-bond acceptors (Lipinski definition) is 7. The highest BCUT2D eigenvalue weighted by atomic mass is 32.2. The molecule has 0 bridgehead atoms. The molecule has 2 heterocycles. The lowest BCUT2D eigenvalue weighted by atomic mass is 9.94. The third kappa shape index (κ3) is 3.97. The van der Waals surface area contributed by atoms with Gasteiger partial charge in [0.1, 0.15) is 0 Å². The van der Waals surface area contributed by atoms with Crippen molar-refractivity contribution in [1.29, 1.82) is 0 Å². The van der Waals surface area contributed by atoms with Gasteiger partial charge >= 0.3 is 0 Å². The van der Waals surface area contributed by atoms with Crippen LogP contribution in [0.5, 0.6) is 11.5 Å². The summed E-state index contributed by atoms with van der Waals surface area (Å²) in [6.45, 7) is 4.91. The van der Waals surface area contributed by atoms with Crippen molar-refractivity contribution in [1.82, 2.24) is 15.1 Å². The van der Waals surface area contributed by atoms with E-state index < -0.39 is 0 Å². The van der Waals surface area contributed by atoms with Crippen molar-refractivity contribution < 1.29 is 18.7 Å². The Morgan fingerprint density at radius 2 is 2.00 bits per heavy atom. The van der Waals surface area contributed by atoms with Crippen LogP contribution in [-0.2, 0) is 4.79 Å². The van der Waals surface area contributed by atoms with Crippen LogP contribution in [-0.4, -0.2) is 45.6 Å². The minimum Gasteiger partial charge on any atom is -0.454 e. The zero-order chi connectivity index (χ0) is 19.5. The van der Waals surface area contributed by atoms with Crippen LogP contribution in [0.3, 0.4) is 0 Å². The molecule has 1 atom stereocenters. The molecule has 1 fully saturated rings. The van der Waals surface area contributed by atoms with Gasteiger partial charge in [-0.2, -0.15) is 0 Å². The molecule has 0 N–H and O–H groups in total. The Hall–Kier alpha value is -2.22. The van der Waals surface area contributed by atoms with Crippen LogP contribution >= 0.6 is 11.8 Å². The molecule has 1 saturated carbocycles. The van der Waals surface area contributed by atoms with E-state index in [0.717, 1.165) is 24.9 Å². The van der Waals surface area contributed by atoms with Gasteiger partial charge in [0.15, 0.2) is 11.5 Å². The summed E-state index contributed by atoms with van der Waals surface area (Å²) in [4.78, 5) is 15.0. The third-order valence-electron chi connectivity index (χ3n) is 5.29. The van der Waals surface area contributed by atoms with E-state index >= 15 is 0 Å². The van der Waals surface area contributed by atoms with Gasteiger partial charge < -0.3 is 18.8 Å². The van der Waals surface area contributed by atoms with Gasteiger partial charge in [0.25, 0.3) is 5.22 Å². The Labute approximate surface area is 168 Å². The molecule has 2 aromatic rings. The van der Waals surface area contributed by atoms with E-state index in [1.54, 1.807) is 0 Å². The predicted octanol–water partition coefficient (Wildman–Crippen LogP) is 4.13. The van der Waals surface area contributed by atoms with E-state index in [0.29, 0.717) is 28.7 Å². The first-order valence-electron chi connectivity index (χ1n) is 9.86. The molecule has 1 aromatic carbocycles. The van der Waals surface area contributed by atoms with Crippen molar-refractivity contribution in [2.24, 2.45) is 0 Å². The van der Waals surface area contributed by atoms with Gasteiger partial charge in [-0.1, -0.05) is 31.0 Å². The number of rotatable bonds is 6. The molecule has 0 unspecified atom stereocenters. The standard InChI is InChI=1S/C20H25N3O4S/c1-3-23(15-7-5-4-6-8-15)19(24)13(2)28-20-22-21-18(27-20)14-9-10-16-17(11-14)26-12-25-16/h9-11,13,15H,3-8,12H2,1-2H3/t13-/m0/s1. The summed E-state index contributed by atoms with van der Waals surface area (Å²) in [5, 5.41) is 8.36. The molecule has 0 saturated heterocycles. The maximum absolute atomic E-state index is 13.0. The maximum atomic E-state index is 13.0. The van der Waals surface area contributed by atoms with Crippen LogP contribution in [0, 0.1) is 0 Å². The smallest absolute Gasteiger partial charge is 0.277 e. The number of thioether (sulfide) groups is 1. The molecule has 28 heavy (non-hydrogen) atoms. The lowest BCUT2D eigenvalue weighted by Crippen LogP contribution is -2.44. The molecule has 150 valence electrons. The minimum atomic E-state index is -0.271. The Kier molecular flexibility index (Phi) is 5.75. The molecule has 2 aliphatic rings. The molecule has 0 spiro atoms. The number of carbonyl (C=O) groups excluding carboxylic acids is 1. The van der Waals surface area contributed by atoms with Gasteiger partial charge in [-0.3, -0.25) is 4.79 Å². The Morgan fingerprint density at radius 3 is 2.79 bits per heavy atom. The molecule has 1 aliphatic carbocycles. The van der Waals surface area contributed by atoms with Crippen LogP contribution in [0.1, 0.15) is 46.0 Å². The van der Waals surface area contributed by atoms with Crippen molar-refractivity contribution in [2.75, 3.05) is 13.3 Å². The number of ether oxygens (including phenoxy) is 2. The number of fused-ring (bicyclic) bond motifs is 1. The second-order valence-electron chi connectivity index (χ2n) is 7.12. The number of amides is 1. The summed E-state index contributed by atoms with van der Waals surface area (Å²) >= 11 is 1.31. The first kappa shape index (κ1) is 19.1. The average molecular weight is 404 g/mol. The van der Waals surface area contributed by atoms with Crippen LogP contribution in [0.25, 0.3) is 11.5 Å². The second-order valence-corrected chi connectivity index (χ2v) is 8.41. The molecule has 7 nitrogen and oxygen atoms in total. The van der Waals surface area contributed by atoms with E-state index in [-0.39, 0.29) is 18.0 Å². The van der Waals surface area contributed by atoms with Crippen LogP contribution in [0.15, 0.2) is 27.8 Å². The summed E-state index contributed by atoms with van der Waals surface area (Å²) in [6.07, 6.45) is 5.89. The fourth-order valence-electron chi connectivity index (χ4n) is 3.83. The fraction of sp³-hybridized carbons (Fsp3) is 0.550. The highest BCUT2D eigenvalue weighted by Crippen LogP contribution is 2.36. The van der Waals surface area contributed by atoms with E-state index in [4.69, 9.17) is 13.9 Å². The fourth-order valence-corrected chi connectivity index (χ4v) is 4.58. The van der Waals surface area contributed by atoms with Gasteiger partial charge in [-0.05, 0) is 44.9 Å². The van der Waals surface area contributed by atoms with Gasteiger partial charge in [0.05, 0.1) is 5.25 Å². The Bertz CT molecular complexity index is 835. The summed E-state index contributed by atoms with van der Waals surface area (Å²) in [7, 11) is 0. The van der Waals surface area contributed by atoms with E-state index in [1.807, 2.05) is 36.9 Å². The normalized spacial score (nSPS) is 17.5. The zero-order valence-corrected chi connectivity index (χ0v) is 17.0. The van der Waals surface area contributed by atoms with Crippen LogP contribution < -0.4 is 9.47 Å². The molecule has 1 aliphatic heterocycles.